The average molecular weight is 755 g/mol. The van der Waals surface area contributed by atoms with Crippen LogP contribution in [0, 0.1) is 5.82 Å². The minimum Gasteiger partial charge on any atom is -0.496 e. The van der Waals surface area contributed by atoms with E-state index in [9.17, 15) is 54.2 Å². The second-order valence-corrected chi connectivity index (χ2v) is 12.5. The van der Waals surface area contributed by atoms with Gasteiger partial charge in [0.25, 0.3) is 0 Å². The van der Waals surface area contributed by atoms with Crippen molar-refractivity contribution < 1.29 is 68.1 Å². The van der Waals surface area contributed by atoms with Gasteiger partial charge in [0.2, 0.25) is 5.91 Å². The second kappa shape index (κ2) is 15.8. The van der Waals surface area contributed by atoms with Gasteiger partial charge in [0.1, 0.15) is 24.3 Å². The SMILES string of the molecule is CC/C(=C\C(=C/CC1OC(=O)N(Cc2cc(C(F)(F)F)ccc2-c2cc(C3CCN(C(=O)CO)CC3)c(F)cc2OC)C1C)C(F)(F)F)C(F)(F)F. The Labute approximate surface area is 292 Å². The van der Waals surface area contributed by atoms with Crippen molar-refractivity contribution in [1.29, 1.82) is 0 Å². The fraction of sp³-hybridized carbons (Fsp3) is 0.486. The van der Waals surface area contributed by atoms with Gasteiger partial charge in [-0.2, -0.15) is 39.5 Å². The first-order valence-corrected chi connectivity index (χ1v) is 16.2. The summed E-state index contributed by atoms with van der Waals surface area (Å²) in [6.07, 6.45) is -17.7. The van der Waals surface area contributed by atoms with Gasteiger partial charge in [0.15, 0.2) is 0 Å². The number of likely N-dealkylation sites (tertiary alicyclic amines) is 1. The van der Waals surface area contributed by atoms with Gasteiger partial charge >= 0.3 is 24.6 Å². The van der Waals surface area contributed by atoms with Gasteiger partial charge in [-0.25, -0.2) is 9.18 Å². The fourth-order valence-corrected chi connectivity index (χ4v) is 6.34. The van der Waals surface area contributed by atoms with E-state index in [4.69, 9.17) is 9.47 Å². The fourth-order valence-electron chi connectivity index (χ4n) is 6.34. The molecule has 0 spiro atoms. The zero-order valence-corrected chi connectivity index (χ0v) is 28.2. The van der Waals surface area contributed by atoms with Crippen LogP contribution in [-0.2, 0) is 22.3 Å². The van der Waals surface area contributed by atoms with Crippen molar-refractivity contribution in [2.45, 2.75) is 82.7 Å². The van der Waals surface area contributed by atoms with Crippen LogP contribution in [0.4, 0.5) is 48.7 Å². The Balaban J connectivity index is 1.70. The molecule has 2 aromatic rings. The number of carbonyl (C=O) groups is 2. The predicted octanol–water partition coefficient (Wildman–Crippen LogP) is 8.71. The van der Waals surface area contributed by atoms with Gasteiger partial charge in [0.05, 0.1) is 30.8 Å². The van der Waals surface area contributed by atoms with Gasteiger partial charge in [-0.3, -0.25) is 9.69 Å². The number of carbonyl (C=O) groups excluding carboxylic acids is 2. The molecule has 2 heterocycles. The van der Waals surface area contributed by atoms with E-state index < -0.39 is 97.1 Å². The number of aliphatic hydroxyl groups is 1. The van der Waals surface area contributed by atoms with Crippen LogP contribution < -0.4 is 4.74 Å². The van der Waals surface area contributed by atoms with Crippen molar-refractivity contribution in [2.24, 2.45) is 0 Å². The number of alkyl halides is 9. The highest BCUT2D eigenvalue weighted by Crippen LogP contribution is 2.42. The summed E-state index contributed by atoms with van der Waals surface area (Å²) in [6.45, 7) is 1.64. The quantitative estimate of drug-likeness (QED) is 0.194. The average Bonchev–Trinajstić information content (AvgIpc) is 3.33. The number of hydrogen-bond acceptors (Lipinski definition) is 5. The molecular formula is C35H36F10N2O5. The number of hydrogen-bond donors (Lipinski definition) is 1. The van der Waals surface area contributed by atoms with Crippen molar-refractivity contribution >= 4 is 12.0 Å². The number of piperidine rings is 1. The van der Waals surface area contributed by atoms with Crippen molar-refractivity contribution in [3.63, 3.8) is 0 Å². The highest BCUT2D eigenvalue weighted by atomic mass is 19.4. The summed E-state index contributed by atoms with van der Waals surface area (Å²) in [7, 11) is 1.22. The molecule has 52 heavy (non-hydrogen) atoms. The van der Waals surface area contributed by atoms with Gasteiger partial charge in [-0.1, -0.05) is 19.1 Å². The van der Waals surface area contributed by atoms with E-state index in [0.717, 1.165) is 36.1 Å². The van der Waals surface area contributed by atoms with Crippen LogP contribution in [0.5, 0.6) is 5.75 Å². The third-order valence-electron chi connectivity index (χ3n) is 9.29. The number of amides is 2. The molecule has 2 aromatic carbocycles. The van der Waals surface area contributed by atoms with Crippen LogP contribution in [0.3, 0.4) is 0 Å². The summed E-state index contributed by atoms with van der Waals surface area (Å²) in [4.78, 5) is 27.3. The number of cyclic esters (lactones) is 1. The summed E-state index contributed by atoms with van der Waals surface area (Å²) >= 11 is 0. The third kappa shape index (κ3) is 9.19. The predicted molar refractivity (Wildman–Crippen MR) is 167 cm³/mol. The molecule has 0 saturated carbocycles. The molecule has 4 rings (SSSR count). The molecule has 2 atom stereocenters. The van der Waals surface area contributed by atoms with E-state index in [-0.39, 0.29) is 47.2 Å². The van der Waals surface area contributed by atoms with Crippen molar-refractivity contribution in [2.75, 3.05) is 26.8 Å². The molecule has 2 amide bonds. The van der Waals surface area contributed by atoms with Crippen LogP contribution in [0.25, 0.3) is 11.1 Å². The van der Waals surface area contributed by atoms with Crippen molar-refractivity contribution in [1.82, 2.24) is 9.80 Å². The Hall–Kier alpha value is -4.28. The zero-order chi connectivity index (χ0) is 38.8. The van der Waals surface area contributed by atoms with E-state index in [0.29, 0.717) is 18.9 Å². The third-order valence-corrected chi connectivity index (χ3v) is 9.29. The van der Waals surface area contributed by atoms with Crippen LogP contribution in [0.2, 0.25) is 0 Å². The van der Waals surface area contributed by atoms with Crippen LogP contribution in [-0.4, -0.2) is 78.2 Å². The molecule has 1 N–H and O–H groups in total. The van der Waals surface area contributed by atoms with Gasteiger partial charge in [-0.05, 0) is 73.1 Å². The number of ether oxygens (including phenoxy) is 2. The van der Waals surface area contributed by atoms with Crippen LogP contribution in [0.15, 0.2) is 53.6 Å². The molecule has 2 aliphatic heterocycles. The number of rotatable bonds is 10. The normalized spacial score (nSPS) is 19.7. The molecule has 7 nitrogen and oxygen atoms in total. The number of halogens is 10. The minimum atomic E-state index is -5.18. The first kappa shape index (κ1) is 40.5. The topological polar surface area (TPSA) is 79.3 Å². The molecule has 2 saturated heterocycles. The van der Waals surface area contributed by atoms with Crippen LogP contribution >= 0.6 is 0 Å². The lowest BCUT2D eigenvalue weighted by molar-refractivity contribution is -0.137. The van der Waals surface area contributed by atoms with E-state index in [1.54, 1.807) is 0 Å². The Morgan fingerprint density at radius 3 is 2.19 bits per heavy atom. The maximum atomic E-state index is 15.4. The molecule has 0 aromatic heterocycles. The first-order valence-electron chi connectivity index (χ1n) is 16.2. The maximum Gasteiger partial charge on any atom is 0.416 e. The van der Waals surface area contributed by atoms with E-state index in [1.165, 1.54) is 25.0 Å². The number of nitrogens with zero attached hydrogens (tertiary/aromatic N) is 2. The highest BCUT2D eigenvalue weighted by Gasteiger charge is 2.41. The highest BCUT2D eigenvalue weighted by molar-refractivity contribution is 5.78. The smallest absolute Gasteiger partial charge is 0.416 e. The summed E-state index contributed by atoms with van der Waals surface area (Å²) in [5.74, 6) is -1.61. The number of aliphatic hydroxyl groups excluding tert-OH is 1. The monoisotopic (exact) mass is 754 g/mol. The molecule has 2 unspecified atom stereocenters. The van der Waals surface area contributed by atoms with E-state index in [2.05, 4.69) is 0 Å². The lowest BCUT2D eigenvalue weighted by Gasteiger charge is -2.32. The van der Waals surface area contributed by atoms with Gasteiger partial charge < -0.3 is 19.5 Å². The number of methoxy groups -OCH3 is 1. The lowest BCUT2D eigenvalue weighted by Crippen LogP contribution is -2.39. The van der Waals surface area contributed by atoms with Crippen molar-refractivity contribution in [3.8, 4) is 16.9 Å². The number of benzene rings is 2. The summed E-state index contributed by atoms with van der Waals surface area (Å²) in [5, 5.41) is 9.17. The zero-order valence-electron chi connectivity index (χ0n) is 28.2. The molecule has 286 valence electrons. The Kier molecular flexibility index (Phi) is 12.3. The Morgan fingerprint density at radius 1 is 1.00 bits per heavy atom. The maximum absolute atomic E-state index is 15.4. The second-order valence-electron chi connectivity index (χ2n) is 12.5. The molecule has 0 radical (unpaired) electrons. The van der Waals surface area contributed by atoms with Crippen LogP contribution in [0.1, 0.15) is 62.1 Å². The summed E-state index contributed by atoms with van der Waals surface area (Å²) in [6, 6.07) is 4.14. The Bertz CT molecular complexity index is 1690. The molecule has 2 aliphatic rings. The minimum absolute atomic E-state index is 0.0174. The van der Waals surface area contributed by atoms with E-state index in [1.807, 2.05) is 0 Å². The summed E-state index contributed by atoms with van der Waals surface area (Å²) in [5.41, 5.74) is -3.72. The van der Waals surface area contributed by atoms with Crippen molar-refractivity contribution in [3.05, 3.63) is 76.1 Å². The molecule has 0 bridgehead atoms. The molecule has 0 aliphatic carbocycles. The Morgan fingerprint density at radius 2 is 1.65 bits per heavy atom. The molecule has 2 fully saturated rings. The molecular weight excluding hydrogens is 718 g/mol. The number of allylic oxidation sites excluding steroid dienone is 3. The first-order chi connectivity index (χ1) is 24.2. The summed E-state index contributed by atoms with van der Waals surface area (Å²) < 4.78 is 149. The van der Waals surface area contributed by atoms with Gasteiger partial charge in [-0.15, -0.1) is 0 Å². The van der Waals surface area contributed by atoms with Gasteiger partial charge in [0, 0.05) is 36.7 Å². The standard InChI is InChI=1S/C35H36F10N2O5/c1-4-22(33(37,38)39)14-24(35(43,44)45)6-8-29-19(2)47(32(50)52-29)17-21-13-23(34(40,41)42)5-7-25(21)27-15-26(28(36)16-30(27)51-3)20-9-11-46(12-10-20)31(49)18-48/h5-7,13-16,19-20,29,48H,4,8-12,17-18H2,1-3H3/b22-14+,24-6+. The molecule has 17 heteroatoms. The van der Waals surface area contributed by atoms with E-state index >= 15 is 4.39 Å². The lowest BCUT2D eigenvalue weighted by atomic mass is 9.86. The largest absolute Gasteiger partial charge is 0.496 e.